The van der Waals surface area contributed by atoms with Crippen molar-refractivity contribution in [3.05, 3.63) is 0 Å². The lowest BCUT2D eigenvalue weighted by Gasteiger charge is -2.46. The summed E-state index contributed by atoms with van der Waals surface area (Å²) >= 11 is 2.08. The van der Waals surface area contributed by atoms with Crippen LogP contribution in [0.3, 0.4) is 0 Å². The van der Waals surface area contributed by atoms with Gasteiger partial charge in [-0.05, 0) is 44.8 Å². The second-order valence-corrected chi connectivity index (χ2v) is 8.10. The minimum Gasteiger partial charge on any atom is -0.311 e. The van der Waals surface area contributed by atoms with Gasteiger partial charge in [0.25, 0.3) is 0 Å². The van der Waals surface area contributed by atoms with E-state index < -0.39 is 0 Å². The Hall–Kier alpha value is 0.270. The Balaban J connectivity index is 1.92. The van der Waals surface area contributed by atoms with E-state index in [1.807, 2.05) is 0 Å². The second-order valence-electron chi connectivity index (χ2n) is 6.96. The standard InChI is InChI=1S/C16H32N2S/c1-12(2)8-14-11-18(13(3)10-17-14)15-6-5-7-16(9-15)19-4/h12-17H,5-11H2,1-4H3. The van der Waals surface area contributed by atoms with E-state index in [4.69, 9.17) is 0 Å². The molecule has 0 aromatic rings. The molecular formula is C16H32N2S. The van der Waals surface area contributed by atoms with Crippen molar-refractivity contribution in [3.8, 4) is 0 Å². The maximum absolute atomic E-state index is 3.75. The van der Waals surface area contributed by atoms with Crippen LogP contribution in [0.5, 0.6) is 0 Å². The smallest absolute Gasteiger partial charge is 0.0198 e. The van der Waals surface area contributed by atoms with Crippen molar-refractivity contribution in [2.45, 2.75) is 76.3 Å². The van der Waals surface area contributed by atoms with Crippen LogP contribution < -0.4 is 5.32 Å². The zero-order valence-corrected chi connectivity index (χ0v) is 14.0. The summed E-state index contributed by atoms with van der Waals surface area (Å²) in [6.07, 6.45) is 9.32. The van der Waals surface area contributed by atoms with Gasteiger partial charge in [-0.2, -0.15) is 11.8 Å². The highest BCUT2D eigenvalue weighted by atomic mass is 32.2. The van der Waals surface area contributed by atoms with Crippen LogP contribution in [0.1, 0.15) is 52.9 Å². The Morgan fingerprint density at radius 1 is 1.32 bits per heavy atom. The molecule has 2 nitrogen and oxygen atoms in total. The Kier molecular flexibility index (Phi) is 6.04. The molecule has 0 amide bonds. The molecule has 1 aliphatic heterocycles. The van der Waals surface area contributed by atoms with Crippen LogP contribution in [0.2, 0.25) is 0 Å². The van der Waals surface area contributed by atoms with E-state index in [1.54, 1.807) is 0 Å². The third-order valence-corrected chi connectivity index (χ3v) is 5.95. The SMILES string of the molecule is CSC1CCCC(N2CC(CC(C)C)NCC2C)C1. The molecule has 0 spiro atoms. The molecule has 1 N–H and O–H groups in total. The van der Waals surface area contributed by atoms with E-state index in [0.717, 1.165) is 17.2 Å². The van der Waals surface area contributed by atoms with Gasteiger partial charge in [-0.25, -0.2) is 0 Å². The van der Waals surface area contributed by atoms with Gasteiger partial charge >= 0.3 is 0 Å². The van der Waals surface area contributed by atoms with E-state index in [-0.39, 0.29) is 0 Å². The summed E-state index contributed by atoms with van der Waals surface area (Å²) in [5, 5.41) is 4.65. The van der Waals surface area contributed by atoms with Gasteiger partial charge in [-0.15, -0.1) is 0 Å². The predicted octanol–water partition coefficient (Wildman–Crippen LogP) is 3.37. The van der Waals surface area contributed by atoms with Crippen LogP contribution in [0.15, 0.2) is 0 Å². The molecule has 4 atom stereocenters. The van der Waals surface area contributed by atoms with E-state index in [0.29, 0.717) is 12.1 Å². The largest absolute Gasteiger partial charge is 0.311 e. The van der Waals surface area contributed by atoms with Crippen molar-refractivity contribution in [1.29, 1.82) is 0 Å². The first-order valence-corrected chi connectivity index (χ1v) is 9.40. The minimum atomic E-state index is 0.714. The molecule has 0 aromatic carbocycles. The summed E-state index contributed by atoms with van der Waals surface area (Å²) in [5.74, 6) is 0.804. The minimum absolute atomic E-state index is 0.714. The molecule has 19 heavy (non-hydrogen) atoms. The highest BCUT2D eigenvalue weighted by Crippen LogP contribution is 2.31. The van der Waals surface area contributed by atoms with Gasteiger partial charge in [0, 0.05) is 36.5 Å². The first-order valence-electron chi connectivity index (χ1n) is 8.12. The molecule has 2 aliphatic rings. The summed E-state index contributed by atoms with van der Waals surface area (Å²) in [7, 11) is 0. The molecule has 0 bridgehead atoms. The molecule has 1 saturated heterocycles. The van der Waals surface area contributed by atoms with Gasteiger partial charge in [0.2, 0.25) is 0 Å². The van der Waals surface area contributed by atoms with Gasteiger partial charge in [0.05, 0.1) is 0 Å². The normalized spacial score (nSPS) is 37.7. The second kappa shape index (κ2) is 7.33. The van der Waals surface area contributed by atoms with Crippen LogP contribution in [0.25, 0.3) is 0 Å². The molecule has 1 saturated carbocycles. The van der Waals surface area contributed by atoms with Crippen molar-refractivity contribution < 1.29 is 0 Å². The number of hydrogen-bond acceptors (Lipinski definition) is 3. The topological polar surface area (TPSA) is 15.3 Å². The summed E-state index contributed by atoms with van der Waals surface area (Å²) in [4.78, 5) is 2.83. The fraction of sp³-hybridized carbons (Fsp3) is 1.00. The lowest BCUT2D eigenvalue weighted by Crippen LogP contribution is -2.59. The van der Waals surface area contributed by atoms with Crippen molar-refractivity contribution >= 4 is 11.8 Å². The fourth-order valence-corrected chi connectivity index (χ4v) is 4.64. The first kappa shape index (κ1) is 15.7. The van der Waals surface area contributed by atoms with Crippen LogP contribution in [-0.2, 0) is 0 Å². The average molecular weight is 285 g/mol. The quantitative estimate of drug-likeness (QED) is 0.852. The molecule has 3 heteroatoms. The lowest BCUT2D eigenvalue weighted by atomic mass is 9.90. The van der Waals surface area contributed by atoms with Crippen LogP contribution in [-0.4, -0.2) is 47.6 Å². The number of nitrogens with one attached hydrogen (secondary N) is 1. The number of nitrogens with zero attached hydrogens (tertiary/aromatic N) is 1. The van der Waals surface area contributed by atoms with Crippen LogP contribution in [0, 0.1) is 5.92 Å². The van der Waals surface area contributed by atoms with Crippen molar-refractivity contribution in [2.75, 3.05) is 19.3 Å². The molecule has 0 radical (unpaired) electrons. The third kappa shape index (κ3) is 4.37. The maximum Gasteiger partial charge on any atom is 0.0198 e. The van der Waals surface area contributed by atoms with Gasteiger partial charge in [0.1, 0.15) is 0 Å². The van der Waals surface area contributed by atoms with Gasteiger partial charge in [-0.3, -0.25) is 4.90 Å². The summed E-state index contributed by atoms with van der Waals surface area (Å²) < 4.78 is 0. The Morgan fingerprint density at radius 3 is 2.79 bits per heavy atom. The average Bonchev–Trinajstić information content (AvgIpc) is 2.40. The summed E-state index contributed by atoms with van der Waals surface area (Å²) in [6.45, 7) is 9.53. The number of rotatable bonds is 4. The third-order valence-electron chi connectivity index (χ3n) is 4.86. The van der Waals surface area contributed by atoms with E-state index in [2.05, 4.69) is 49.0 Å². The molecule has 1 heterocycles. The molecule has 2 rings (SSSR count). The highest BCUT2D eigenvalue weighted by molar-refractivity contribution is 7.99. The van der Waals surface area contributed by atoms with Gasteiger partial charge in [0.15, 0.2) is 0 Å². The monoisotopic (exact) mass is 284 g/mol. The molecule has 2 fully saturated rings. The Morgan fingerprint density at radius 2 is 2.11 bits per heavy atom. The Bertz CT molecular complexity index is 269. The van der Waals surface area contributed by atoms with Crippen LogP contribution >= 0.6 is 11.8 Å². The predicted molar refractivity (Wildman–Crippen MR) is 87.0 cm³/mol. The number of hydrogen-bond donors (Lipinski definition) is 1. The van der Waals surface area contributed by atoms with Crippen LogP contribution in [0.4, 0.5) is 0 Å². The van der Waals surface area contributed by atoms with Crippen molar-refractivity contribution in [3.63, 3.8) is 0 Å². The van der Waals surface area contributed by atoms with Gasteiger partial charge < -0.3 is 5.32 Å². The first-order chi connectivity index (χ1) is 9.10. The van der Waals surface area contributed by atoms with Crippen molar-refractivity contribution in [2.24, 2.45) is 5.92 Å². The lowest BCUT2D eigenvalue weighted by molar-refractivity contribution is 0.0667. The maximum atomic E-state index is 3.75. The van der Waals surface area contributed by atoms with Crippen molar-refractivity contribution in [1.82, 2.24) is 10.2 Å². The fourth-order valence-electron chi connectivity index (χ4n) is 3.82. The summed E-state index contributed by atoms with van der Waals surface area (Å²) in [5.41, 5.74) is 0. The van der Waals surface area contributed by atoms with Gasteiger partial charge in [-0.1, -0.05) is 20.3 Å². The molecular weight excluding hydrogens is 252 g/mol. The number of thioether (sulfide) groups is 1. The molecule has 112 valence electrons. The molecule has 1 aliphatic carbocycles. The Labute approximate surface area is 124 Å². The number of piperazine rings is 1. The highest BCUT2D eigenvalue weighted by Gasteiger charge is 2.33. The van der Waals surface area contributed by atoms with E-state index in [9.17, 15) is 0 Å². The molecule has 4 unspecified atom stereocenters. The summed E-state index contributed by atoms with van der Waals surface area (Å²) in [6, 6.07) is 2.28. The zero-order chi connectivity index (χ0) is 13.8. The molecule has 0 aromatic heterocycles. The van der Waals surface area contributed by atoms with E-state index in [1.165, 1.54) is 45.2 Å². The zero-order valence-electron chi connectivity index (χ0n) is 13.2. The van der Waals surface area contributed by atoms with E-state index >= 15 is 0 Å².